The minimum absolute atomic E-state index is 0.0138. The Morgan fingerprint density at radius 2 is 2.05 bits per heavy atom. The first-order chi connectivity index (χ1) is 9.88. The van der Waals surface area contributed by atoms with E-state index in [1.54, 1.807) is 0 Å². The number of amides is 2. The third-order valence-electron chi connectivity index (χ3n) is 2.18. The molecule has 0 radical (unpaired) electrons. The second kappa shape index (κ2) is 8.53. The van der Waals surface area contributed by atoms with Gasteiger partial charge in [-0.2, -0.15) is 0 Å². The van der Waals surface area contributed by atoms with E-state index in [0.29, 0.717) is 4.47 Å². The number of benzene rings is 1. The molecule has 116 valence electrons. The third kappa shape index (κ3) is 7.00. The van der Waals surface area contributed by atoms with Crippen LogP contribution in [0.5, 0.6) is 0 Å². The molecule has 1 aromatic carbocycles. The van der Waals surface area contributed by atoms with Gasteiger partial charge >= 0.3 is 12.0 Å². The smallest absolute Gasteiger partial charge is 0.335 e. The highest BCUT2D eigenvalue weighted by molar-refractivity contribution is 9.10. The number of aromatic carboxylic acids is 1. The Bertz CT molecular complexity index is 514. The highest BCUT2D eigenvalue weighted by Crippen LogP contribution is 2.19. The average molecular weight is 367 g/mol. The van der Waals surface area contributed by atoms with E-state index in [9.17, 15) is 18.4 Å². The predicted molar refractivity (Wildman–Crippen MR) is 74.9 cm³/mol. The van der Waals surface area contributed by atoms with Gasteiger partial charge in [-0.05, 0) is 18.2 Å². The molecule has 0 spiro atoms. The average Bonchev–Trinajstić information content (AvgIpc) is 2.37. The molecular formula is C12H13BrF2N2O4. The summed E-state index contributed by atoms with van der Waals surface area (Å²) in [5, 5.41) is 13.7. The van der Waals surface area contributed by atoms with Crippen LogP contribution in [-0.4, -0.2) is 43.3 Å². The first kappa shape index (κ1) is 17.3. The van der Waals surface area contributed by atoms with E-state index in [-0.39, 0.29) is 24.4 Å². The van der Waals surface area contributed by atoms with Crippen molar-refractivity contribution in [3.63, 3.8) is 0 Å². The van der Waals surface area contributed by atoms with Crippen LogP contribution in [0.15, 0.2) is 22.7 Å². The Morgan fingerprint density at radius 1 is 1.33 bits per heavy atom. The van der Waals surface area contributed by atoms with E-state index in [2.05, 4.69) is 31.3 Å². The van der Waals surface area contributed by atoms with Crippen LogP contribution in [0.4, 0.5) is 19.3 Å². The molecule has 6 nitrogen and oxygen atoms in total. The Kier molecular flexibility index (Phi) is 7.03. The van der Waals surface area contributed by atoms with Crippen LogP contribution >= 0.6 is 15.9 Å². The molecule has 0 unspecified atom stereocenters. The summed E-state index contributed by atoms with van der Waals surface area (Å²) in [5.74, 6) is -1.12. The lowest BCUT2D eigenvalue weighted by Crippen LogP contribution is -2.32. The Hall–Kier alpha value is -1.74. The summed E-state index contributed by atoms with van der Waals surface area (Å²) in [6, 6.07) is 3.62. The highest BCUT2D eigenvalue weighted by atomic mass is 79.9. The van der Waals surface area contributed by atoms with Crippen molar-refractivity contribution < 1.29 is 28.2 Å². The van der Waals surface area contributed by atoms with Gasteiger partial charge < -0.3 is 20.5 Å². The fraction of sp³-hybridized carbons (Fsp3) is 0.333. The molecule has 0 heterocycles. The first-order valence-electron chi connectivity index (χ1n) is 5.83. The molecule has 0 aliphatic rings. The number of alkyl halides is 2. The van der Waals surface area contributed by atoms with Crippen LogP contribution in [0, 0.1) is 0 Å². The summed E-state index contributed by atoms with van der Waals surface area (Å²) >= 11 is 3.13. The van der Waals surface area contributed by atoms with Crippen molar-refractivity contribution in [2.75, 3.05) is 25.1 Å². The number of ether oxygens (including phenoxy) is 1. The maximum Gasteiger partial charge on any atom is 0.335 e. The number of hydrogen-bond donors (Lipinski definition) is 3. The minimum Gasteiger partial charge on any atom is -0.478 e. The van der Waals surface area contributed by atoms with E-state index >= 15 is 0 Å². The molecular weight excluding hydrogens is 354 g/mol. The third-order valence-corrected chi connectivity index (χ3v) is 2.64. The van der Waals surface area contributed by atoms with Gasteiger partial charge in [0.25, 0.3) is 6.43 Å². The number of urea groups is 1. The summed E-state index contributed by atoms with van der Waals surface area (Å²) in [4.78, 5) is 22.4. The van der Waals surface area contributed by atoms with Crippen LogP contribution in [0.1, 0.15) is 10.4 Å². The second-order valence-corrected chi connectivity index (χ2v) is 4.80. The van der Waals surface area contributed by atoms with Gasteiger partial charge in [-0.3, -0.25) is 0 Å². The summed E-state index contributed by atoms with van der Waals surface area (Å²) in [5.41, 5.74) is 0.299. The standard InChI is InChI=1S/C12H13BrF2N2O4/c13-8-3-7(11(18)19)4-9(5-8)17-12(20)16-1-2-21-6-10(14)15/h3-5,10H,1-2,6H2,(H,18,19)(H2,16,17,20). The Morgan fingerprint density at radius 3 is 2.67 bits per heavy atom. The van der Waals surface area contributed by atoms with Gasteiger partial charge in [-0.1, -0.05) is 15.9 Å². The van der Waals surface area contributed by atoms with Gasteiger partial charge in [0.1, 0.15) is 6.61 Å². The van der Waals surface area contributed by atoms with Crippen molar-refractivity contribution in [2.24, 2.45) is 0 Å². The molecule has 9 heteroatoms. The maximum absolute atomic E-state index is 11.8. The van der Waals surface area contributed by atoms with Gasteiger partial charge in [0, 0.05) is 16.7 Å². The van der Waals surface area contributed by atoms with Crippen LogP contribution in [-0.2, 0) is 4.74 Å². The van der Waals surface area contributed by atoms with E-state index in [4.69, 9.17) is 5.11 Å². The summed E-state index contributed by atoms with van der Waals surface area (Å²) < 4.78 is 28.6. The van der Waals surface area contributed by atoms with Gasteiger partial charge in [0.15, 0.2) is 0 Å². The number of nitrogens with one attached hydrogen (secondary N) is 2. The van der Waals surface area contributed by atoms with Crippen molar-refractivity contribution in [1.82, 2.24) is 5.32 Å². The fourth-order valence-electron chi connectivity index (χ4n) is 1.37. The predicted octanol–water partition coefficient (Wildman–Crippen LogP) is 2.55. The second-order valence-electron chi connectivity index (χ2n) is 3.88. The number of hydrogen-bond acceptors (Lipinski definition) is 3. The van der Waals surface area contributed by atoms with Gasteiger partial charge in [0.05, 0.1) is 12.2 Å². The largest absolute Gasteiger partial charge is 0.478 e. The van der Waals surface area contributed by atoms with Crippen molar-refractivity contribution >= 4 is 33.6 Å². The quantitative estimate of drug-likeness (QED) is 0.647. The highest BCUT2D eigenvalue weighted by Gasteiger charge is 2.08. The molecule has 1 aromatic rings. The van der Waals surface area contributed by atoms with Crippen molar-refractivity contribution in [3.8, 4) is 0 Å². The SMILES string of the molecule is O=C(NCCOCC(F)F)Nc1cc(Br)cc(C(=O)O)c1. The van der Waals surface area contributed by atoms with Gasteiger partial charge in [-0.15, -0.1) is 0 Å². The number of carbonyl (C=O) groups excluding carboxylic acids is 1. The summed E-state index contributed by atoms with van der Waals surface area (Å²) in [7, 11) is 0. The zero-order valence-corrected chi connectivity index (χ0v) is 12.3. The van der Waals surface area contributed by atoms with E-state index in [1.807, 2.05) is 0 Å². The summed E-state index contributed by atoms with van der Waals surface area (Å²) in [6.07, 6.45) is -2.55. The molecule has 0 saturated carbocycles. The molecule has 0 fully saturated rings. The number of anilines is 1. The topological polar surface area (TPSA) is 87.7 Å². The zero-order chi connectivity index (χ0) is 15.8. The molecule has 2 amide bonds. The molecule has 3 N–H and O–H groups in total. The molecule has 0 saturated heterocycles. The van der Waals surface area contributed by atoms with Gasteiger partial charge in [-0.25, -0.2) is 18.4 Å². The molecule has 0 aliphatic carbocycles. The molecule has 0 atom stereocenters. The van der Waals surface area contributed by atoms with E-state index in [0.717, 1.165) is 0 Å². The molecule has 1 rings (SSSR count). The lowest BCUT2D eigenvalue weighted by molar-refractivity contribution is 0.0194. The lowest BCUT2D eigenvalue weighted by Gasteiger charge is -2.09. The molecule has 0 bridgehead atoms. The Balaban J connectivity index is 2.42. The monoisotopic (exact) mass is 366 g/mol. The van der Waals surface area contributed by atoms with Crippen molar-refractivity contribution in [3.05, 3.63) is 28.2 Å². The van der Waals surface area contributed by atoms with Crippen LogP contribution in [0.2, 0.25) is 0 Å². The first-order valence-corrected chi connectivity index (χ1v) is 6.62. The number of rotatable bonds is 7. The van der Waals surface area contributed by atoms with E-state index in [1.165, 1.54) is 18.2 Å². The Labute approximate surface area is 127 Å². The normalized spacial score (nSPS) is 10.5. The van der Waals surface area contributed by atoms with Crippen LogP contribution in [0.3, 0.4) is 0 Å². The minimum atomic E-state index is -2.55. The number of carboxylic acids is 1. The van der Waals surface area contributed by atoms with Crippen LogP contribution in [0.25, 0.3) is 0 Å². The molecule has 21 heavy (non-hydrogen) atoms. The summed E-state index contributed by atoms with van der Waals surface area (Å²) in [6.45, 7) is -0.675. The number of halogens is 3. The number of carboxylic acid groups (broad SMARTS) is 1. The van der Waals surface area contributed by atoms with E-state index < -0.39 is 25.0 Å². The lowest BCUT2D eigenvalue weighted by atomic mass is 10.2. The zero-order valence-electron chi connectivity index (χ0n) is 10.7. The van der Waals surface area contributed by atoms with Crippen LogP contribution < -0.4 is 10.6 Å². The van der Waals surface area contributed by atoms with Crippen molar-refractivity contribution in [2.45, 2.75) is 6.43 Å². The fourth-order valence-corrected chi connectivity index (χ4v) is 1.86. The maximum atomic E-state index is 11.8. The molecule has 0 aromatic heterocycles. The number of carbonyl (C=O) groups is 2. The van der Waals surface area contributed by atoms with Gasteiger partial charge in [0.2, 0.25) is 0 Å². The van der Waals surface area contributed by atoms with Crippen molar-refractivity contribution in [1.29, 1.82) is 0 Å². The molecule has 0 aliphatic heterocycles.